The van der Waals surface area contributed by atoms with Gasteiger partial charge in [-0.05, 0) is 20.8 Å². The quantitative estimate of drug-likeness (QED) is 0.207. The molecule has 0 bridgehead atoms. The van der Waals surface area contributed by atoms with E-state index in [1.807, 2.05) is 20.8 Å². The van der Waals surface area contributed by atoms with Crippen molar-refractivity contribution in [2.24, 2.45) is 0 Å². The Balaban J connectivity index is 3.13. The van der Waals surface area contributed by atoms with Gasteiger partial charge in [0.2, 0.25) is 0 Å². The van der Waals surface area contributed by atoms with Crippen LogP contribution in [0.3, 0.4) is 0 Å². The average Bonchev–Trinajstić information content (AvgIpc) is 2.64. The molecule has 0 aromatic heterocycles. The summed E-state index contributed by atoms with van der Waals surface area (Å²) in [6.45, 7) is 10.4. The lowest BCUT2D eigenvalue weighted by atomic mass is 10.2. The highest BCUT2D eigenvalue weighted by molar-refractivity contribution is 5.69. The second-order valence-corrected chi connectivity index (χ2v) is 7.15. The zero-order valence-corrected chi connectivity index (χ0v) is 18.5. The Bertz CT molecular complexity index is 422. The van der Waals surface area contributed by atoms with E-state index in [-0.39, 0.29) is 25.4 Å². The van der Waals surface area contributed by atoms with E-state index in [1.165, 1.54) is 0 Å². The molecule has 0 saturated heterocycles. The maximum atomic E-state index is 11.5. The summed E-state index contributed by atoms with van der Waals surface area (Å²) in [4.78, 5) is 21.7. The molecule has 0 fully saturated rings. The molecule has 0 spiro atoms. The van der Waals surface area contributed by atoms with Crippen molar-refractivity contribution in [3.8, 4) is 0 Å². The third-order valence-electron chi connectivity index (χ3n) is 3.19. The summed E-state index contributed by atoms with van der Waals surface area (Å²) in [6, 6.07) is 0. The van der Waals surface area contributed by atoms with Crippen LogP contribution in [0.2, 0.25) is 0 Å². The lowest BCUT2D eigenvalue weighted by Gasteiger charge is -2.19. The van der Waals surface area contributed by atoms with Crippen LogP contribution in [0.15, 0.2) is 0 Å². The van der Waals surface area contributed by atoms with E-state index in [4.69, 9.17) is 38.3 Å². The van der Waals surface area contributed by atoms with E-state index in [9.17, 15) is 9.59 Å². The van der Waals surface area contributed by atoms with Crippen molar-refractivity contribution in [1.82, 2.24) is 0 Å². The summed E-state index contributed by atoms with van der Waals surface area (Å²) >= 11 is 0. The minimum atomic E-state index is -0.876. The molecule has 10 nitrogen and oxygen atoms in total. The fourth-order valence-electron chi connectivity index (χ4n) is 1.91. The van der Waals surface area contributed by atoms with E-state index >= 15 is 0 Å². The van der Waals surface area contributed by atoms with Crippen molar-refractivity contribution in [3.63, 3.8) is 0 Å². The van der Waals surface area contributed by atoms with Gasteiger partial charge in [-0.25, -0.2) is 0 Å². The highest BCUT2D eigenvalue weighted by Crippen LogP contribution is 2.07. The van der Waals surface area contributed by atoms with Gasteiger partial charge < -0.3 is 38.3 Å². The Hall–Kier alpha value is -1.30. The van der Waals surface area contributed by atoms with Crippen LogP contribution in [0, 0.1) is 0 Å². The molecule has 10 heteroatoms. The second kappa shape index (κ2) is 19.7. The van der Waals surface area contributed by atoms with Gasteiger partial charge in [0, 0.05) is 0 Å². The number of carbonyl (C=O) groups is 2. The fourth-order valence-corrected chi connectivity index (χ4v) is 1.91. The third kappa shape index (κ3) is 24.7. The number of hydrogen-bond donors (Lipinski definition) is 1. The number of ether oxygens (including phenoxy) is 7. The summed E-state index contributed by atoms with van der Waals surface area (Å²) < 4.78 is 36.9. The van der Waals surface area contributed by atoms with Crippen LogP contribution in [-0.4, -0.2) is 102 Å². The van der Waals surface area contributed by atoms with Crippen molar-refractivity contribution < 1.29 is 47.9 Å². The average molecular weight is 439 g/mol. The first-order chi connectivity index (χ1) is 14.3. The number of carbonyl (C=O) groups excluding carboxylic acids is 1. The lowest BCUT2D eigenvalue weighted by molar-refractivity contribution is -0.156. The minimum absolute atomic E-state index is 0.00220. The van der Waals surface area contributed by atoms with Gasteiger partial charge in [-0.2, -0.15) is 0 Å². The Morgan fingerprint density at radius 3 is 1.17 bits per heavy atom. The molecule has 0 aliphatic rings. The van der Waals surface area contributed by atoms with Crippen molar-refractivity contribution >= 4 is 11.9 Å². The molecule has 0 amide bonds. The molecule has 0 saturated carbocycles. The number of carboxylic acid groups (broad SMARTS) is 1. The molecule has 30 heavy (non-hydrogen) atoms. The van der Waals surface area contributed by atoms with E-state index in [0.29, 0.717) is 72.7 Å². The summed E-state index contributed by atoms with van der Waals surface area (Å²) in [5.74, 6) is -1.15. The SMILES string of the molecule is CC(C)(C)OC(=O)CCOCCOCCOCCOCCOCCOCCC(=O)O. The predicted octanol–water partition coefficient (Wildman–Crippen LogP) is 1.29. The van der Waals surface area contributed by atoms with Crippen LogP contribution in [0.1, 0.15) is 33.6 Å². The molecule has 1 N–H and O–H groups in total. The molecule has 0 unspecified atom stereocenters. The zero-order valence-electron chi connectivity index (χ0n) is 18.5. The van der Waals surface area contributed by atoms with Crippen LogP contribution in [-0.2, 0) is 42.7 Å². The van der Waals surface area contributed by atoms with Crippen LogP contribution in [0.4, 0.5) is 0 Å². The number of carboxylic acids is 1. The Labute approximate surface area is 179 Å². The van der Waals surface area contributed by atoms with Gasteiger partial charge in [-0.3, -0.25) is 9.59 Å². The Kier molecular flexibility index (Phi) is 18.8. The van der Waals surface area contributed by atoms with Gasteiger partial charge in [0.25, 0.3) is 0 Å². The normalized spacial score (nSPS) is 11.6. The van der Waals surface area contributed by atoms with Gasteiger partial charge >= 0.3 is 11.9 Å². The molecule has 178 valence electrons. The molecule has 0 aliphatic carbocycles. The van der Waals surface area contributed by atoms with Gasteiger partial charge in [0.15, 0.2) is 0 Å². The first kappa shape index (κ1) is 28.7. The van der Waals surface area contributed by atoms with Crippen LogP contribution in [0.25, 0.3) is 0 Å². The molecule has 0 aromatic carbocycles. The van der Waals surface area contributed by atoms with Crippen molar-refractivity contribution in [1.29, 1.82) is 0 Å². The maximum Gasteiger partial charge on any atom is 0.308 e. The fraction of sp³-hybridized carbons (Fsp3) is 0.900. The number of aliphatic carboxylic acids is 1. The first-order valence-electron chi connectivity index (χ1n) is 10.2. The molecular weight excluding hydrogens is 400 g/mol. The number of hydrogen-bond acceptors (Lipinski definition) is 9. The van der Waals surface area contributed by atoms with Gasteiger partial charge in [0.05, 0.1) is 92.1 Å². The Morgan fingerprint density at radius 1 is 0.567 bits per heavy atom. The van der Waals surface area contributed by atoms with Gasteiger partial charge in [-0.1, -0.05) is 0 Å². The van der Waals surface area contributed by atoms with E-state index < -0.39 is 11.6 Å². The molecule has 0 heterocycles. The van der Waals surface area contributed by atoms with Crippen molar-refractivity contribution in [3.05, 3.63) is 0 Å². The molecule has 0 aliphatic heterocycles. The summed E-state index contributed by atoms with van der Waals surface area (Å²) in [6.07, 6.45) is 0.226. The topological polar surface area (TPSA) is 119 Å². The number of rotatable bonds is 21. The smallest absolute Gasteiger partial charge is 0.308 e. The first-order valence-corrected chi connectivity index (χ1v) is 10.2. The highest BCUT2D eigenvalue weighted by Gasteiger charge is 2.15. The standard InChI is InChI=1S/C20H38O10/c1-20(2,3)30-19(23)5-7-25-9-11-27-13-15-29-17-16-28-14-12-26-10-8-24-6-4-18(21)22/h4-17H2,1-3H3,(H,21,22). The maximum absolute atomic E-state index is 11.5. The van der Waals surface area contributed by atoms with E-state index in [0.717, 1.165) is 0 Å². The van der Waals surface area contributed by atoms with Crippen LogP contribution < -0.4 is 0 Å². The Morgan fingerprint density at radius 2 is 0.867 bits per heavy atom. The van der Waals surface area contributed by atoms with E-state index in [1.54, 1.807) is 0 Å². The molecule has 0 atom stereocenters. The van der Waals surface area contributed by atoms with Gasteiger partial charge in [-0.15, -0.1) is 0 Å². The predicted molar refractivity (Wildman–Crippen MR) is 108 cm³/mol. The summed E-state index contributed by atoms with van der Waals surface area (Å²) in [5, 5.41) is 8.44. The molecule has 0 aromatic rings. The second-order valence-electron chi connectivity index (χ2n) is 7.15. The summed E-state index contributed by atoms with van der Waals surface area (Å²) in [7, 11) is 0. The van der Waals surface area contributed by atoms with Crippen molar-refractivity contribution in [2.45, 2.75) is 39.2 Å². The molecule has 0 rings (SSSR count). The number of esters is 1. The highest BCUT2D eigenvalue weighted by atomic mass is 16.6. The van der Waals surface area contributed by atoms with Gasteiger partial charge in [0.1, 0.15) is 5.60 Å². The summed E-state index contributed by atoms with van der Waals surface area (Å²) in [5.41, 5.74) is -0.472. The third-order valence-corrected chi connectivity index (χ3v) is 3.19. The lowest BCUT2D eigenvalue weighted by Crippen LogP contribution is -2.24. The van der Waals surface area contributed by atoms with Crippen LogP contribution >= 0.6 is 0 Å². The largest absolute Gasteiger partial charge is 0.481 e. The minimum Gasteiger partial charge on any atom is -0.481 e. The zero-order chi connectivity index (χ0) is 22.5. The van der Waals surface area contributed by atoms with Crippen molar-refractivity contribution in [2.75, 3.05) is 79.3 Å². The molecular formula is C20H38O10. The van der Waals surface area contributed by atoms with Crippen LogP contribution in [0.5, 0.6) is 0 Å². The van der Waals surface area contributed by atoms with E-state index in [2.05, 4.69) is 0 Å². The monoisotopic (exact) mass is 438 g/mol. The molecule has 0 radical (unpaired) electrons.